The Kier molecular flexibility index (Phi) is 6.43. The molecule has 1 saturated heterocycles. The molecule has 1 aliphatic heterocycles. The highest BCUT2D eigenvalue weighted by Gasteiger charge is 2.23. The van der Waals surface area contributed by atoms with Crippen molar-refractivity contribution in [3.63, 3.8) is 0 Å². The fourth-order valence-electron chi connectivity index (χ4n) is 3.32. The van der Waals surface area contributed by atoms with Crippen LogP contribution >= 0.6 is 0 Å². The van der Waals surface area contributed by atoms with Crippen molar-refractivity contribution in [3.05, 3.63) is 63.7 Å². The zero-order valence-electron chi connectivity index (χ0n) is 16.1. The molecule has 3 rings (SSSR count). The number of hydrogen-bond donors (Lipinski definition) is 0. The van der Waals surface area contributed by atoms with E-state index in [0.717, 1.165) is 38.8 Å². The molecule has 0 N–H and O–H groups in total. The van der Waals surface area contributed by atoms with Gasteiger partial charge in [0.05, 0.1) is 23.2 Å². The van der Waals surface area contributed by atoms with Crippen LogP contribution in [0.2, 0.25) is 0 Å². The molecule has 1 fully saturated rings. The van der Waals surface area contributed by atoms with Crippen molar-refractivity contribution in [1.29, 1.82) is 0 Å². The monoisotopic (exact) mass is 398 g/mol. The van der Waals surface area contributed by atoms with Crippen molar-refractivity contribution in [2.24, 2.45) is 0 Å². The van der Waals surface area contributed by atoms with Gasteiger partial charge in [0, 0.05) is 19.2 Å². The number of anilines is 1. The number of nitrogens with zero attached hydrogens (tertiary/aromatic N) is 2. The number of ether oxygens (including phenoxy) is 2. The summed E-state index contributed by atoms with van der Waals surface area (Å²) >= 11 is 0. The Morgan fingerprint density at radius 1 is 0.931 bits per heavy atom. The third kappa shape index (κ3) is 4.90. The number of rotatable bonds is 5. The Morgan fingerprint density at radius 2 is 1.55 bits per heavy atom. The van der Waals surface area contributed by atoms with Crippen LogP contribution in [0.5, 0.6) is 5.75 Å². The highest BCUT2D eigenvalue weighted by molar-refractivity contribution is 5.93. The summed E-state index contributed by atoms with van der Waals surface area (Å²) in [5.74, 6) is -0.981. The Bertz CT molecular complexity index is 902. The molecule has 0 unspecified atom stereocenters. The smallest absolute Gasteiger partial charge is 0.343 e. The van der Waals surface area contributed by atoms with Crippen molar-refractivity contribution in [3.8, 4) is 5.75 Å². The van der Waals surface area contributed by atoms with Crippen molar-refractivity contribution in [2.75, 3.05) is 25.1 Å². The number of hydrogen-bond acceptors (Lipinski definition) is 7. The zero-order chi connectivity index (χ0) is 20.8. The van der Waals surface area contributed by atoms with E-state index in [1.54, 1.807) is 12.1 Å². The van der Waals surface area contributed by atoms with Gasteiger partial charge in [-0.1, -0.05) is 12.8 Å². The van der Waals surface area contributed by atoms with E-state index in [0.29, 0.717) is 11.3 Å². The molecule has 0 aromatic heterocycles. The maximum absolute atomic E-state index is 12.5. The molecule has 1 heterocycles. The Hall–Kier alpha value is -3.42. The maximum atomic E-state index is 12.5. The minimum absolute atomic E-state index is 0.0901. The van der Waals surface area contributed by atoms with Crippen LogP contribution in [-0.4, -0.2) is 37.1 Å². The molecule has 2 aromatic rings. The predicted octanol–water partition coefficient (Wildman–Crippen LogP) is 3.98. The average Bonchev–Trinajstić information content (AvgIpc) is 3.02. The summed E-state index contributed by atoms with van der Waals surface area (Å²) in [6, 6.07) is 10.3. The Balaban J connectivity index is 1.79. The molecule has 0 saturated carbocycles. The lowest BCUT2D eigenvalue weighted by atomic mass is 10.1. The number of carbonyl (C=O) groups excluding carboxylic acids is 2. The second-order valence-electron chi connectivity index (χ2n) is 6.77. The fraction of sp³-hybridized carbons (Fsp3) is 0.333. The van der Waals surface area contributed by atoms with E-state index in [1.165, 1.54) is 37.4 Å². The number of nitro groups is 1. The second kappa shape index (κ2) is 9.18. The number of nitro benzene ring substituents is 1. The van der Waals surface area contributed by atoms with Crippen molar-refractivity contribution >= 4 is 23.3 Å². The molecule has 1 aliphatic rings. The minimum atomic E-state index is -0.707. The molecule has 152 valence electrons. The van der Waals surface area contributed by atoms with Gasteiger partial charge in [0.15, 0.2) is 0 Å². The number of carbonyl (C=O) groups is 2. The van der Waals surface area contributed by atoms with E-state index >= 15 is 0 Å². The Labute approximate surface area is 168 Å². The zero-order valence-corrected chi connectivity index (χ0v) is 16.1. The lowest BCUT2D eigenvalue weighted by molar-refractivity contribution is -0.384. The van der Waals surface area contributed by atoms with Gasteiger partial charge in [-0.2, -0.15) is 0 Å². The van der Waals surface area contributed by atoms with Crippen molar-refractivity contribution < 1.29 is 24.0 Å². The first-order chi connectivity index (χ1) is 14.0. The lowest BCUT2D eigenvalue weighted by Gasteiger charge is -2.22. The first-order valence-electron chi connectivity index (χ1n) is 9.43. The molecular formula is C21H22N2O6. The van der Waals surface area contributed by atoms with Crippen LogP contribution in [0.15, 0.2) is 42.5 Å². The first kappa shape index (κ1) is 20.3. The second-order valence-corrected chi connectivity index (χ2v) is 6.77. The molecular weight excluding hydrogens is 376 g/mol. The highest BCUT2D eigenvalue weighted by Crippen LogP contribution is 2.31. The van der Waals surface area contributed by atoms with Crippen LogP contribution in [-0.2, 0) is 4.74 Å². The van der Waals surface area contributed by atoms with E-state index in [-0.39, 0.29) is 17.0 Å². The number of methoxy groups -OCH3 is 1. The molecule has 8 nitrogen and oxygen atoms in total. The van der Waals surface area contributed by atoms with Gasteiger partial charge in [0.2, 0.25) is 0 Å². The van der Waals surface area contributed by atoms with Gasteiger partial charge in [-0.3, -0.25) is 10.1 Å². The molecule has 0 radical (unpaired) electrons. The minimum Gasteiger partial charge on any atom is -0.465 e. The van der Waals surface area contributed by atoms with Gasteiger partial charge in [0.1, 0.15) is 11.4 Å². The summed E-state index contributed by atoms with van der Waals surface area (Å²) in [6.07, 6.45) is 4.21. The molecule has 29 heavy (non-hydrogen) atoms. The molecule has 0 aliphatic carbocycles. The summed E-state index contributed by atoms with van der Waals surface area (Å²) in [5.41, 5.74) is 0.829. The van der Waals surface area contributed by atoms with Crippen LogP contribution in [0.4, 0.5) is 11.4 Å². The third-order valence-electron chi connectivity index (χ3n) is 4.84. The summed E-state index contributed by atoms with van der Waals surface area (Å²) in [5, 5.41) is 11.6. The molecule has 0 bridgehead atoms. The first-order valence-corrected chi connectivity index (χ1v) is 9.43. The number of esters is 2. The average molecular weight is 398 g/mol. The van der Waals surface area contributed by atoms with E-state index in [1.807, 2.05) is 4.90 Å². The van der Waals surface area contributed by atoms with E-state index in [2.05, 4.69) is 4.74 Å². The summed E-state index contributed by atoms with van der Waals surface area (Å²) in [4.78, 5) is 37.0. The van der Waals surface area contributed by atoms with Crippen LogP contribution < -0.4 is 9.64 Å². The highest BCUT2D eigenvalue weighted by atomic mass is 16.6. The molecule has 8 heteroatoms. The summed E-state index contributed by atoms with van der Waals surface area (Å²) < 4.78 is 9.90. The normalized spacial score (nSPS) is 14.0. The molecule has 0 atom stereocenters. The maximum Gasteiger partial charge on any atom is 0.343 e. The molecule has 2 aromatic carbocycles. The van der Waals surface area contributed by atoms with E-state index in [9.17, 15) is 19.7 Å². The topological polar surface area (TPSA) is 99.0 Å². The van der Waals surface area contributed by atoms with Gasteiger partial charge >= 0.3 is 11.9 Å². The van der Waals surface area contributed by atoms with Crippen molar-refractivity contribution in [1.82, 2.24) is 0 Å². The van der Waals surface area contributed by atoms with Gasteiger partial charge in [0.25, 0.3) is 5.69 Å². The van der Waals surface area contributed by atoms with E-state index < -0.39 is 16.9 Å². The van der Waals surface area contributed by atoms with Crippen molar-refractivity contribution in [2.45, 2.75) is 25.7 Å². The third-order valence-corrected chi connectivity index (χ3v) is 4.84. The van der Waals surface area contributed by atoms with Crippen LogP contribution in [0.25, 0.3) is 0 Å². The van der Waals surface area contributed by atoms with Crippen LogP contribution in [0.3, 0.4) is 0 Å². The standard InChI is InChI=1S/C21H22N2O6/c1-28-20(24)15-6-9-17(10-7-15)29-21(25)16-8-11-18(19(14-16)23(26)27)22-12-4-2-3-5-13-22/h6-11,14H,2-5,12-13H2,1H3. The SMILES string of the molecule is COC(=O)c1ccc(OC(=O)c2ccc(N3CCCCCC3)c([N+](=O)[O-])c2)cc1. The summed E-state index contributed by atoms with van der Waals surface area (Å²) in [7, 11) is 1.28. The van der Waals surface area contributed by atoms with Gasteiger partial charge in [-0.25, -0.2) is 9.59 Å². The number of benzene rings is 2. The van der Waals surface area contributed by atoms with Crippen LogP contribution in [0, 0.1) is 10.1 Å². The van der Waals surface area contributed by atoms with Gasteiger partial charge in [-0.05, 0) is 49.2 Å². The fourth-order valence-corrected chi connectivity index (χ4v) is 3.32. The molecule has 0 amide bonds. The quantitative estimate of drug-likeness (QED) is 0.325. The van der Waals surface area contributed by atoms with Gasteiger partial charge < -0.3 is 14.4 Å². The van der Waals surface area contributed by atoms with E-state index in [4.69, 9.17) is 4.74 Å². The predicted molar refractivity (Wildman–Crippen MR) is 107 cm³/mol. The largest absolute Gasteiger partial charge is 0.465 e. The lowest BCUT2D eigenvalue weighted by Crippen LogP contribution is -2.25. The van der Waals surface area contributed by atoms with Crippen LogP contribution in [0.1, 0.15) is 46.4 Å². The summed E-state index contributed by atoms with van der Waals surface area (Å²) in [6.45, 7) is 1.52. The van der Waals surface area contributed by atoms with Gasteiger partial charge in [-0.15, -0.1) is 0 Å². The molecule has 0 spiro atoms. The Morgan fingerprint density at radius 3 is 2.14 bits per heavy atom.